The van der Waals surface area contributed by atoms with Gasteiger partial charge in [0, 0.05) is 60.2 Å². The SMILES string of the molecule is CCc1cc(N(C)C(C)CN(C)C)c(N)cc1Nc1nccc(-c2c3n(c4ccccc24)CCC3)n1. The van der Waals surface area contributed by atoms with Crippen molar-refractivity contribution in [2.24, 2.45) is 0 Å². The summed E-state index contributed by atoms with van der Waals surface area (Å²) in [5, 5.41) is 4.73. The van der Waals surface area contributed by atoms with E-state index >= 15 is 0 Å². The summed E-state index contributed by atoms with van der Waals surface area (Å²) in [4.78, 5) is 14.0. The monoisotopic (exact) mass is 483 g/mol. The van der Waals surface area contributed by atoms with Crippen LogP contribution < -0.4 is 16.0 Å². The molecule has 3 N–H and O–H groups in total. The number of benzene rings is 2. The van der Waals surface area contributed by atoms with Crippen LogP contribution >= 0.6 is 0 Å². The first-order valence-corrected chi connectivity index (χ1v) is 12.9. The Labute approximate surface area is 214 Å². The summed E-state index contributed by atoms with van der Waals surface area (Å²) in [7, 11) is 6.30. The third-order valence-electron chi connectivity index (χ3n) is 7.34. The lowest BCUT2D eigenvalue weighted by molar-refractivity contribution is 0.377. The van der Waals surface area contributed by atoms with Gasteiger partial charge in [-0.05, 0) is 70.1 Å². The summed E-state index contributed by atoms with van der Waals surface area (Å²) < 4.78 is 2.45. The van der Waals surface area contributed by atoms with Crippen LogP contribution in [-0.4, -0.2) is 53.2 Å². The van der Waals surface area contributed by atoms with Crippen LogP contribution in [0, 0.1) is 0 Å². The van der Waals surface area contributed by atoms with Crippen molar-refractivity contribution < 1.29 is 0 Å². The highest BCUT2D eigenvalue weighted by atomic mass is 15.2. The van der Waals surface area contributed by atoms with E-state index in [4.69, 9.17) is 10.7 Å². The maximum Gasteiger partial charge on any atom is 0.227 e. The fourth-order valence-corrected chi connectivity index (χ4v) is 5.49. The second-order valence-electron chi connectivity index (χ2n) is 10.1. The van der Waals surface area contributed by atoms with Gasteiger partial charge in [-0.1, -0.05) is 25.1 Å². The van der Waals surface area contributed by atoms with Crippen LogP contribution in [0.4, 0.5) is 23.0 Å². The van der Waals surface area contributed by atoms with Gasteiger partial charge in [0.25, 0.3) is 0 Å². The topological polar surface area (TPSA) is 75.2 Å². The molecule has 2 aromatic carbocycles. The van der Waals surface area contributed by atoms with Gasteiger partial charge in [0.05, 0.1) is 17.1 Å². The lowest BCUT2D eigenvalue weighted by Gasteiger charge is -2.31. The molecule has 1 unspecified atom stereocenters. The zero-order valence-electron chi connectivity index (χ0n) is 22.0. The Balaban J connectivity index is 1.48. The highest BCUT2D eigenvalue weighted by molar-refractivity contribution is 5.97. The maximum atomic E-state index is 6.56. The molecule has 2 aromatic heterocycles. The van der Waals surface area contributed by atoms with Crippen molar-refractivity contribution in [3.05, 3.63) is 59.9 Å². The van der Waals surface area contributed by atoms with E-state index in [-0.39, 0.29) is 0 Å². The lowest BCUT2D eigenvalue weighted by atomic mass is 10.0. The van der Waals surface area contributed by atoms with Crippen molar-refractivity contribution in [2.45, 2.75) is 45.7 Å². The number of aromatic nitrogens is 3. The summed E-state index contributed by atoms with van der Waals surface area (Å²) in [5.41, 5.74) is 15.4. The Hall–Kier alpha value is -3.58. The zero-order valence-corrected chi connectivity index (χ0v) is 22.0. The van der Waals surface area contributed by atoms with E-state index in [0.717, 1.165) is 48.7 Å². The van der Waals surface area contributed by atoms with Crippen molar-refractivity contribution >= 4 is 33.9 Å². The fraction of sp³-hybridized carbons (Fsp3) is 0.379. The average Bonchev–Trinajstić information content (AvgIpc) is 3.44. The summed E-state index contributed by atoms with van der Waals surface area (Å²) in [6, 6.07) is 15.2. The molecule has 0 fully saturated rings. The number of hydrogen-bond acceptors (Lipinski definition) is 6. The molecular formula is C29H37N7. The predicted molar refractivity (Wildman–Crippen MR) is 151 cm³/mol. The fourth-order valence-electron chi connectivity index (χ4n) is 5.49. The van der Waals surface area contributed by atoms with Crippen LogP contribution in [0.15, 0.2) is 48.7 Å². The molecular weight excluding hydrogens is 446 g/mol. The molecule has 188 valence electrons. The molecule has 1 aliphatic rings. The van der Waals surface area contributed by atoms with Gasteiger partial charge in [-0.15, -0.1) is 0 Å². The van der Waals surface area contributed by atoms with Crippen molar-refractivity contribution in [3.63, 3.8) is 0 Å². The Kier molecular flexibility index (Phi) is 6.58. The molecule has 1 aliphatic heterocycles. The van der Waals surface area contributed by atoms with E-state index in [2.05, 4.69) is 90.0 Å². The number of nitrogens with one attached hydrogen (secondary N) is 1. The molecule has 0 saturated carbocycles. The van der Waals surface area contributed by atoms with Crippen LogP contribution in [0.3, 0.4) is 0 Å². The van der Waals surface area contributed by atoms with Gasteiger partial charge >= 0.3 is 0 Å². The van der Waals surface area contributed by atoms with E-state index < -0.39 is 0 Å². The first-order valence-electron chi connectivity index (χ1n) is 12.9. The minimum atomic E-state index is 0.338. The van der Waals surface area contributed by atoms with E-state index in [1.807, 2.05) is 18.3 Å². The minimum Gasteiger partial charge on any atom is -0.397 e. The van der Waals surface area contributed by atoms with Gasteiger partial charge in [0.15, 0.2) is 0 Å². The number of nitrogens with two attached hydrogens (primary N) is 1. The highest BCUT2D eigenvalue weighted by Crippen LogP contribution is 2.38. The van der Waals surface area contributed by atoms with Gasteiger partial charge in [-0.3, -0.25) is 0 Å². The van der Waals surface area contributed by atoms with E-state index in [1.165, 1.54) is 34.1 Å². The van der Waals surface area contributed by atoms with Crippen molar-refractivity contribution in [1.29, 1.82) is 0 Å². The first-order chi connectivity index (χ1) is 17.4. The number of nitrogens with zero attached hydrogens (tertiary/aromatic N) is 5. The maximum absolute atomic E-state index is 6.56. The van der Waals surface area contributed by atoms with Gasteiger partial charge in [-0.2, -0.15) is 0 Å². The van der Waals surface area contributed by atoms with Gasteiger partial charge in [-0.25, -0.2) is 9.97 Å². The normalized spacial score (nSPS) is 13.8. The van der Waals surface area contributed by atoms with Gasteiger partial charge in [0.2, 0.25) is 5.95 Å². The highest BCUT2D eigenvalue weighted by Gasteiger charge is 2.23. The number of fused-ring (bicyclic) bond motifs is 3. The smallest absolute Gasteiger partial charge is 0.227 e. The number of likely N-dealkylation sites (N-methyl/N-ethyl adjacent to an activating group) is 2. The Bertz CT molecular complexity index is 1390. The van der Waals surface area contributed by atoms with Crippen LogP contribution in [0.1, 0.15) is 31.5 Å². The van der Waals surface area contributed by atoms with Crippen LogP contribution in [0.25, 0.3) is 22.2 Å². The number of anilines is 4. The molecule has 1 atom stereocenters. The molecule has 5 rings (SSSR count). The van der Waals surface area contributed by atoms with Gasteiger partial charge < -0.3 is 25.4 Å². The Morgan fingerprint density at radius 1 is 1.14 bits per heavy atom. The number of aryl methyl sites for hydroxylation is 2. The largest absolute Gasteiger partial charge is 0.397 e. The molecule has 36 heavy (non-hydrogen) atoms. The van der Waals surface area contributed by atoms with E-state index in [1.54, 1.807) is 0 Å². The standard InChI is InChI=1S/C29H37N7/c1-6-20-16-27(35(5)19(2)18-34(3)4)22(30)17-24(20)33-29-31-14-13-23(32-29)28-21-10-7-8-11-25(21)36-15-9-12-26(28)36/h7-8,10-11,13-14,16-17,19H,6,9,12,15,18,30H2,1-5H3,(H,31,32,33). The average molecular weight is 484 g/mol. The third kappa shape index (κ3) is 4.39. The second-order valence-corrected chi connectivity index (χ2v) is 10.1. The molecule has 7 nitrogen and oxygen atoms in total. The van der Waals surface area contributed by atoms with Crippen LogP contribution in [0.2, 0.25) is 0 Å². The zero-order chi connectivity index (χ0) is 25.4. The molecule has 0 radical (unpaired) electrons. The van der Waals surface area contributed by atoms with Crippen molar-refractivity contribution in [2.75, 3.05) is 43.6 Å². The third-order valence-corrected chi connectivity index (χ3v) is 7.34. The Morgan fingerprint density at radius 3 is 2.72 bits per heavy atom. The summed E-state index contributed by atoms with van der Waals surface area (Å²) in [5.74, 6) is 0.589. The predicted octanol–water partition coefficient (Wildman–Crippen LogP) is 5.32. The molecule has 0 saturated heterocycles. The first kappa shape index (κ1) is 24.1. The second kappa shape index (κ2) is 9.82. The molecule has 3 heterocycles. The molecule has 0 spiro atoms. The summed E-state index contributed by atoms with van der Waals surface area (Å²) in [6.45, 7) is 6.41. The number of para-hydroxylation sites is 1. The Morgan fingerprint density at radius 2 is 1.94 bits per heavy atom. The molecule has 0 aliphatic carbocycles. The number of nitrogen functional groups attached to an aromatic ring is 1. The van der Waals surface area contributed by atoms with Crippen molar-refractivity contribution in [3.8, 4) is 11.3 Å². The molecule has 0 amide bonds. The van der Waals surface area contributed by atoms with E-state index in [0.29, 0.717) is 12.0 Å². The molecule has 7 heteroatoms. The molecule has 4 aromatic rings. The quantitative estimate of drug-likeness (QED) is 0.331. The summed E-state index contributed by atoms with van der Waals surface area (Å²) >= 11 is 0. The van der Waals surface area contributed by atoms with Crippen molar-refractivity contribution in [1.82, 2.24) is 19.4 Å². The van der Waals surface area contributed by atoms with E-state index in [9.17, 15) is 0 Å². The minimum absolute atomic E-state index is 0.338. The summed E-state index contributed by atoms with van der Waals surface area (Å²) in [6.07, 6.45) is 4.98. The number of rotatable bonds is 8. The number of hydrogen-bond donors (Lipinski definition) is 2. The van der Waals surface area contributed by atoms with Crippen LogP contribution in [0.5, 0.6) is 0 Å². The molecule has 0 bridgehead atoms. The van der Waals surface area contributed by atoms with Gasteiger partial charge in [0.1, 0.15) is 0 Å². The van der Waals surface area contributed by atoms with Crippen LogP contribution in [-0.2, 0) is 19.4 Å². The lowest BCUT2D eigenvalue weighted by Crippen LogP contribution is -2.37.